The number of ether oxygens (including phenoxy) is 1. The summed E-state index contributed by atoms with van der Waals surface area (Å²) in [6, 6.07) is -0.643. The van der Waals surface area contributed by atoms with Crippen molar-refractivity contribution in [3.63, 3.8) is 0 Å². The summed E-state index contributed by atoms with van der Waals surface area (Å²) in [7, 11) is -3.32. The largest absolute Gasteiger partial charge is 0.433 e. The van der Waals surface area contributed by atoms with Crippen LogP contribution >= 0.6 is 0 Å². The Morgan fingerprint density at radius 2 is 2.13 bits per heavy atom. The molecule has 23 heavy (non-hydrogen) atoms. The predicted octanol–water partition coefficient (Wildman–Crippen LogP) is 0.0306. The van der Waals surface area contributed by atoms with Crippen LogP contribution < -0.4 is 5.32 Å². The number of aromatic nitrogens is 2. The first-order chi connectivity index (χ1) is 10.5. The zero-order valence-electron chi connectivity index (χ0n) is 11.8. The second-order valence-corrected chi connectivity index (χ2v) is 7.37. The van der Waals surface area contributed by atoms with E-state index in [2.05, 4.69) is 15.3 Å². The van der Waals surface area contributed by atoms with Crippen molar-refractivity contribution in [3.05, 3.63) is 18.0 Å². The summed E-state index contributed by atoms with van der Waals surface area (Å²) < 4.78 is 62.5. The quantitative estimate of drug-likeness (QED) is 0.601. The van der Waals surface area contributed by atoms with Gasteiger partial charge in [0.25, 0.3) is 0 Å². The van der Waals surface area contributed by atoms with E-state index in [1.165, 1.54) is 0 Å². The Kier molecular flexibility index (Phi) is 4.80. The van der Waals surface area contributed by atoms with Crippen molar-refractivity contribution < 1.29 is 32.3 Å². The molecule has 1 saturated heterocycles. The standard InChI is InChI=1S/C11H15F3N4O4S/c1-23(15,21)9-7(8(20)5(19)4-22-9)18-10-16-3-2-6(17-10)11(12,13)14/h2-3,5,7-9,15,19-20H,4H2,1H3,(H,16,17,18)/t5-,7+,8-,9?,23?/m0/s1. The molecule has 0 aromatic carbocycles. The van der Waals surface area contributed by atoms with Gasteiger partial charge in [-0.3, -0.25) is 4.78 Å². The molecule has 12 heteroatoms. The Bertz CT molecular complexity index is 669. The van der Waals surface area contributed by atoms with Crippen molar-refractivity contribution >= 4 is 15.7 Å². The Morgan fingerprint density at radius 3 is 2.70 bits per heavy atom. The number of nitrogens with zero attached hydrogens (tertiary/aromatic N) is 2. The molecule has 1 fully saturated rings. The van der Waals surface area contributed by atoms with Gasteiger partial charge in [0.2, 0.25) is 5.95 Å². The smallest absolute Gasteiger partial charge is 0.388 e. The molecule has 0 aliphatic carbocycles. The number of halogens is 3. The third-order valence-electron chi connectivity index (χ3n) is 3.17. The van der Waals surface area contributed by atoms with Gasteiger partial charge in [-0.2, -0.15) is 13.2 Å². The maximum atomic E-state index is 12.6. The van der Waals surface area contributed by atoms with Gasteiger partial charge in [0.05, 0.1) is 22.4 Å². The molecule has 130 valence electrons. The van der Waals surface area contributed by atoms with Crippen LogP contribution in [0.1, 0.15) is 5.69 Å². The summed E-state index contributed by atoms with van der Waals surface area (Å²) in [5.41, 5.74) is -2.56. The average Bonchev–Trinajstić information content (AvgIpc) is 2.42. The number of alkyl halides is 3. The topological polar surface area (TPSA) is 128 Å². The van der Waals surface area contributed by atoms with Crippen LogP contribution in [0.2, 0.25) is 0 Å². The van der Waals surface area contributed by atoms with Crippen LogP contribution in [0.3, 0.4) is 0 Å². The molecule has 5 atom stereocenters. The molecular weight excluding hydrogens is 341 g/mol. The van der Waals surface area contributed by atoms with Crippen LogP contribution in [0.5, 0.6) is 0 Å². The van der Waals surface area contributed by atoms with Gasteiger partial charge >= 0.3 is 6.18 Å². The molecule has 0 bridgehead atoms. The summed E-state index contributed by atoms with van der Waals surface area (Å²) >= 11 is 0. The molecule has 0 radical (unpaired) electrons. The van der Waals surface area contributed by atoms with Crippen molar-refractivity contribution in [1.29, 1.82) is 4.78 Å². The first-order valence-electron chi connectivity index (χ1n) is 6.37. The summed E-state index contributed by atoms with van der Waals surface area (Å²) in [4.78, 5) is 6.86. The van der Waals surface area contributed by atoms with E-state index in [4.69, 9.17) is 9.52 Å². The Morgan fingerprint density at radius 1 is 1.48 bits per heavy atom. The van der Waals surface area contributed by atoms with Gasteiger partial charge in [-0.05, 0) is 6.07 Å². The van der Waals surface area contributed by atoms with E-state index in [0.29, 0.717) is 6.07 Å². The molecule has 1 aromatic rings. The molecule has 0 saturated carbocycles. The van der Waals surface area contributed by atoms with Crippen molar-refractivity contribution in [2.75, 3.05) is 18.2 Å². The molecule has 2 rings (SSSR count). The first-order valence-corrected chi connectivity index (χ1v) is 8.40. The highest BCUT2D eigenvalue weighted by Crippen LogP contribution is 2.28. The Labute approximate surface area is 129 Å². The summed E-state index contributed by atoms with van der Waals surface area (Å²) in [6.45, 7) is -0.350. The van der Waals surface area contributed by atoms with Gasteiger partial charge in [-0.1, -0.05) is 0 Å². The minimum Gasteiger partial charge on any atom is -0.388 e. The normalized spacial score (nSPS) is 31.4. The lowest BCUT2D eigenvalue weighted by atomic mass is 10.0. The van der Waals surface area contributed by atoms with E-state index >= 15 is 0 Å². The van der Waals surface area contributed by atoms with Gasteiger partial charge in [0, 0.05) is 12.5 Å². The zero-order chi connectivity index (χ0) is 17.4. The Balaban J connectivity index is 2.31. The molecule has 0 spiro atoms. The van der Waals surface area contributed by atoms with E-state index in [1.807, 2.05) is 0 Å². The lowest BCUT2D eigenvalue weighted by Gasteiger charge is -2.38. The minimum atomic E-state index is -4.69. The maximum Gasteiger partial charge on any atom is 0.433 e. The molecule has 1 aromatic heterocycles. The highest BCUT2D eigenvalue weighted by Gasteiger charge is 2.43. The summed E-state index contributed by atoms with van der Waals surface area (Å²) in [5, 5.41) is 22.0. The van der Waals surface area contributed by atoms with Crippen LogP contribution in [-0.2, 0) is 20.6 Å². The zero-order valence-corrected chi connectivity index (χ0v) is 12.6. The molecule has 2 heterocycles. The molecule has 4 N–H and O–H groups in total. The van der Waals surface area contributed by atoms with Gasteiger partial charge in [-0.15, -0.1) is 0 Å². The van der Waals surface area contributed by atoms with E-state index in [1.54, 1.807) is 0 Å². The first kappa shape index (κ1) is 17.8. The molecule has 1 aliphatic rings. The lowest BCUT2D eigenvalue weighted by molar-refractivity contribution is -0.141. The molecule has 0 amide bonds. The number of hydrogen-bond donors (Lipinski definition) is 4. The molecule has 1 aliphatic heterocycles. The molecule has 2 unspecified atom stereocenters. The van der Waals surface area contributed by atoms with Crippen LogP contribution in [-0.4, -0.2) is 60.9 Å². The van der Waals surface area contributed by atoms with Crippen molar-refractivity contribution in [3.8, 4) is 0 Å². The van der Waals surface area contributed by atoms with Crippen molar-refractivity contribution in [1.82, 2.24) is 9.97 Å². The van der Waals surface area contributed by atoms with Crippen LogP contribution in [0, 0.1) is 4.78 Å². The van der Waals surface area contributed by atoms with Crippen LogP contribution in [0.4, 0.5) is 19.1 Å². The summed E-state index contributed by atoms with van der Waals surface area (Å²) in [5.74, 6) is -0.491. The minimum absolute atomic E-state index is 0.350. The Hall–Kier alpha value is -1.50. The third-order valence-corrected chi connectivity index (χ3v) is 4.49. The highest BCUT2D eigenvalue weighted by atomic mass is 32.2. The average molecular weight is 356 g/mol. The van der Waals surface area contributed by atoms with E-state index in [9.17, 15) is 27.6 Å². The second-order valence-electron chi connectivity index (χ2n) is 5.10. The molecular formula is C11H15F3N4O4S. The lowest BCUT2D eigenvalue weighted by Crippen LogP contribution is -2.58. The van der Waals surface area contributed by atoms with E-state index < -0.39 is 51.2 Å². The number of aliphatic hydroxyl groups is 2. The van der Waals surface area contributed by atoms with Crippen LogP contribution in [0.25, 0.3) is 0 Å². The van der Waals surface area contributed by atoms with E-state index in [-0.39, 0.29) is 6.61 Å². The van der Waals surface area contributed by atoms with Crippen molar-refractivity contribution in [2.45, 2.75) is 29.9 Å². The maximum absolute atomic E-state index is 12.6. The fourth-order valence-corrected chi connectivity index (χ4v) is 3.22. The van der Waals surface area contributed by atoms with Gasteiger partial charge in [0.15, 0.2) is 5.44 Å². The van der Waals surface area contributed by atoms with Crippen LogP contribution in [0.15, 0.2) is 12.3 Å². The van der Waals surface area contributed by atoms with Gasteiger partial charge < -0.3 is 20.3 Å². The fourth-order valence-electron chi connectivity index (χ4n) is 2.09. The van der Waals surface area contributed by atoms with Crippen molar-refractivity contribution in [2.24, 2.45) is 0 Å². The van der Waals surface area contributed by atoms with Gasteiger partial charge in [0.1, 0.15) is 17.9 Å². The fraction of sp³-hybridized carbons (Fsp3) is 0.636. The molecule has 8 nitrogen and oxygen atoms in total. The third kappa shape index (κ3) is 4.07. The number of hydrogen-bond acceptors (Lipinski definition) is 8. The SMILES string of the molecule is CS(=N)(=O)C1OC[C@H](O)[C@H](O)[C@H]1Nc1nccc(C(F)(F)F)n1. The van der Waals surface area contributed by atoms with Gasteiger partial charge in [-0.25, -0.2) is 14.2 Å². The summed E-state index contributed by atoms with van der Waals surface area (Å²) in [6.07, 6.45) is -5.63. The monoisotopic (exact) mass is 356 g/mol. The second kappa shape index (κ2) is 6.19. The number of anilines is 1. The predicted molar refractivity (Wildman–Crippen MR) is 73.0 cm³/mol. The highest BCUT2D eigenvalue weighted by molar-refractivity contribution is 7.92. The number of rotatable bonds is 3. The van der Waals surface area contributed by atoms with E-state index in [0.717, 1.165) is 12.5 Å². The number of aliphatic hydroxyl groups excluding tert-OH is 2. The number of nitrogens with one attached hydrogen (secondary N) is 2.